The molecule has 1 aromatic rings. The Kier molecular flexibility index (Phi) is 6.93. The summed E-state index contributed by atoms with van der Waals surface area (Å²) in [4.78, 5) is 28.2. The van der Waals surface area contributed by atoms with Crippen molar-refractivity contribution in [3.63, 3.8) is 0 Å². The van der Waals surface area contributed by atoms with Crippen LogP contribution in [-0.2, 0) is 4.74 Å². The van der Waals surface area contributed by atoms with Crippen molar-refractivity contribution in [1.29, 1.82) is 0 Å². The maximum Gasteiger partial charge on any atom is 0.410 e. The minimum absolute atomic E-state index is 0.149. The number of rotatable bonds is 4. The number of likely N-dealkylation sites (tertiary alicyclic amines) is 1. The largest absolute Gasteiger partial charge is 0.495 e. The number of amides is 3. The summed E-state index contributed by atoms with van der Waals surface area (Å²) in [6, 6.07) is 7.19. The van der Waals surface area contributed by atoms with Crippen molar-refractivity contribution in [2.45, 2.75) is 39.2 Å². The molecular weight excluding hydrogens is 346 g/mol. The zero-order valence-corrected chi connectivity index (χ0v) is 16.9. The second-order valence-corrected chi connectivity index (χ2v) is 7.95. The molecule has 1 aliphatic heterocycles. The third-order valence-corrected chi connectivity index (χ3v) is 4.39. The van der Waals surface area contributed by atoms with Gasteiger partial charge >= 0.3 is 12.1 Å². The van der Waals surface area contributed by atoms with Crippen molar-refractivity contribution in [3.8, 4) is 5.75 Å². The number of carbonyl (C=O) groups is 2. The van der Waals surface area contributed by atoms with Gasteiger partial charge in [-0.1, -0.05) is 12.1 Å². The lowest BCUT2D eigenvalue weighted by Gasteiger charge is -2.35. The van der Waals surface area contributed by atoms with E-state index >= 15 is 0 Å². The summed E-state index contributed by atoms with van der Waals surface area (Å²) in [5.74, 6) is 0.851. The summed E-state index contributed by atoms with van der Waals surface area (Å²) in [5.41, 5.74) is 0.136. The van der Waals surface area contributed by atoms with Gasteiger partial charge in [-0.3, -0.25) is 0 Å². The Hall–Kier alpha value is -2.44. The predicted molar refractivity (Wildman–Crippen MR) is 105 cm³/mol. The van der Waals surface area contributed by atoms with Crippen molar-refractivity contribution in [2.24, 2.45) is 5.92 Å². The van der Waals surface area contributed by atoms with Gasteiger partial charge in [0, 0.05) is 26.7 Å². The highest BCUT2D eigenvalue weighted by Crippen LogP contribution is 2.25. The number of hydrogen-bond donors (Lipinski definition) is 1. The van der Waals surface area contributed by atoms with E-state index in [-0.39, 0.29) is 18.0 Å². The first-order valence-electron chi connectivity index (χ1n) is 9.32. The number of carbonyl (C=O) groups excluding carboxylic acids is 2. The van der Waals surface area contributed by atoms with Crippen molar-refractivity contribution >= 4 is 17.8 Å². The quantitative estimate of drug-likeness (QED) is 0.866. The molecule has 1 heterocycles. The number of hydrogen-bond acceptors (Lipinski definition) is 4. The number of nitrogens with one attached hydrogen (secondary N) is 1. The standard InChI is InChI=1S/C20H31N3O4/c1-20(2,3)27-19(25)22(4)13-15-9-8-12-23(14-15)18(24)21-16-10-6-7-11-17(16)26-5/h6-7,10-11,15H,8-9,12-14H2,1-5H3,(H,21,24). The lowest BCUT2D eigenvalue weighted by Crippen LogP contribution is -2.46. The number of ether oxygens (including phenoxy) is 2. The van der Waals surface area contributed by atoms with E-state index < -0.39 is 5.60 Å². The molecule has 1 aliphatic rings. The normalized spacial score (nSPS) is 17.2. The topological polar surface area (TPSA) is 71.1 Å². The zero-order chi connectivity index (χ0) is 20.0. The van der Waals surface area contributed by atoms with E-state index in [1.807, 2.05) is 45.0 Å². The van der Waals surface area contributed by atoms with Crippen LogP contribution in [0.5, 0.6) is 5.75 Å². The average Bonchev–Trinajstić information content (AvgIpc) is 2.61. The lowest BCUT2D eigenvalue weighted by atomic mass is 9.98. The summed E-state index contributed by atoms with van der Waals surface area (Å²) in [6.45, 7) is 7.42. The fourth-order valence-electron chi connectivity index (χ4n) is 3.14. The first-order chi connectivity index (χ1) is 12.7. The van der Waals surface area contributed by atoms with Gasteiger partial charge in [-0.25, -0.2) is 9.59 Å². The van der Waals surface area contributed by atoms with Gasteiger partial charge in [0.05, 0.1) is 12.8 Å². The van der Waals surface area contributed by atoms with Crippen molar-refractivity contribution in [3.05, 3.63) is 24.3 Å². The SMILES string of the molecule is COc1ccccc1NC(=O)N1CCCC(CN(C)C(=O)OC(C)(C)C)C1. The summed E-state index contributed by atoms with van der Waals surface area (Å²) >= 11 is 0. The molecule has 1 unspecified atom stereocenters. The van der Waals surface area contributed by atoms with Crippen LogP contribution in [0.4, 0.5) is 15.3 Å². The molecule has 3 amide bonds. The van der Waals surface area contributed by atoms with Gasteiger partial charge in [-0.05, 0) is 51.7 Å². The van der Waals surface area contributed by atoms with Crippen LogP contribution in [0.3, 0.4) is 0 Å². The summed E-state index contributed by atoms with van der Waals surface area (Å²) in [5, 5.41) is 2.92. The van der Waals surface area contributed by atoms with Crippen LogP contribution in [0.25, 0.3) is 0 Å². The molecule has 1 aromatic carbocycles. The van der Waals surface area contributed by atoms with E-state index in [0.29, 0.717) is 31.1 Å². The summed E-state index contributed by atoms with van der Waals surface area (Å²) in [6.07, 6.45) is 1.55. The Morgan fingerprint density at radius 3 is 2.67 bits per heavy atom. The number of methoxy groups -OCH3 is 1. The monoisotopic (exact) mass is 377 g/mol. The minimum Gasteiger partial charge on any atom is -0.495 e. The highest BCUT2D eigenvalue weighted by molar-refractivity contribution is 5.91. The van der Waals surface area contributed by atoms with E-state index in [4.69, 9.17) is 9.47 Å². The number of anilines is 1. The van der Waals surface area contributed by atoms with Crippen LogP contribution in [0.2, 0.25) is 0 Å². The smallest absolute Gasteiger partial charge is 0.410 e. The molecule has 0 radical (unpaired) electrons. The molecule has 1 saturated heterocycles. The fraction of sp³-hybridized carbons (Fsp3) is 0.600. The van der Waals surface area contributed by atoms with Crippen LogP contribution in [0.1, 0.15) is 33.6 Å². The molecule has 1 fully saturated rings. The van der Waals surface area contributed by atoms with Gasteiger partial charge in [-0.15, -0.1) is 0 Å². The zero-order valence-electron chi connectivity index (χ0n) is 16.9. The van der Waals surface area contributed by atoms with Crippen molar-refractivity contribution in [2.75, 3.05) is 39.1 Å². The van der Waals surface area contributed by atoms with Gasteiger partial charge in [0.1, 0.15) is 11.4 Å². The maximum atomic E-state index is 12.6. The highest BCUT2D eigenvalue weighted by atomic mass is 16.6. The Labute approximate surface area is 161 Å². The first kappa shape index (κ1) is 20.9. The molecule has 7 heteroatoms. The molecule has 0 spiro atoms. The van der Waals surface area contributed by atoms with Crippen LogP contribution in [0.15, 0.2) is 24.3 Å². The van der Waals surface area contributed by atoms with Gasteiger partial charge < -0.3 is 24.6 Å². The third-order valence-electron chi connectivity index (χ3n) is 4.39. The predicted octanol–water partition coefficient (Wildman–Crippen LogP) is 3.81. The number of benzene rings is 1. The van der Waals surface area contributed by atoms with E-state index in [1.54, 1.807) is 24.0 Å². The van der Waals surface area contributed by atoms with Crippen LogP contribution < -0.4 is 10.1 Å². The third kappa shape index (κ3) is 6.34. The molecule has 1 N–H and O–H groups in total. The molecule has 0 saturated carbocycles. The summed E-state index contributed by atoms with van der Waals surface area (Å²) in [7, 11) is 3.32. The van der Waals surface area contributed by atoms with Crippen molar-refractivity contribution < 1.29 is 19.1 Å². The van der Waals surface area contributed by atoms with Crippen LogP contribution in [0, 0.1) is 5.92 Å². The lowest BCUT2D eigenvalue weighted by molar-refractivity contribution is 0.0253. The molecule has 7 nitrogen and oxygen atoms in total. The maximum absolute atomic E-state index is 12.6. The molecule has 2 rings (SSSR count). The van der Waals surface area contributed by atoms with Crippen LogP contribution >= 0.6 is 0 Å². The first-order valence-corrected chi connectivity index (χ1v) is 9.32. The molecule has 0 aromatic heterocycles. The Balaban J connectivity index is 1.91. The molecule has 0 aliphatic carbocycles. The molecule has 150 valence electrons. The number of nitrogens with zero attached hydrogens (tertiary/aromatic N) is 2. The van der Waals surface area contributed by atoms with Crippen LogP contribution in [-0.4, -0.2) is 61.3 Å². The average molecular weight is 377 g/mol. The number of urea groups is 1. The Bertz CT molecular complexity index is 657. The van der Waals surface area contributed by atoms with E-state index in [9.17, 15) is 9.59 Å². The molecule has 1 atom stereocenters. The van der Waals surface area contributed by atoms with E-state index in [1.165, 1.54) is 0 Å². The highest BCUT2D eigenvalue weighted by Gasteiger charge is 2.27. The van der Waals surface area contributed by atoms with E-state index in [0.717, 1.165) is 12.8 Å². The molecule has 27 heavy (non-hydrogen) atoms. The number of piperidine rings is 1. The Morgan fingerprint density at radius 1 is 1.30 bits per heavy atom. The van der Waals surface area contributed by atoms with Gasteiger partial charge in [0.15, 0.2) is 0 Å². The van der Waals surface area contributed by atoms with Gasteiger partial charge in [0.2, 0.25) is 0 Å². The number of para-hydroxylation sites is 2. The van der Waals surface area contributed by atoms with E-state index in [2.05, 4.69) is 5.32 Å². The molecular formula is C20H31N3O4. The fourth-order valence-corrected chi connectivity index (χ4v) is 3.14. The van der Waals surface area contributed by atoms with Gasteiger partial charge in [-0.2, -0.15) is 0 Å². The Morgan fingerprint density at radius 2 is 2.00 bits per heavy atom. The van der Waals surface area contributed by atoms with Crippen molar-refractivity contribution in [1.82, 2.24) is 9.80 Å². The second kappa shape index (κ2) is 8.97. The minimum atomic E-state index is -0.515. The molecule has 0 bridgehead atoms. The second-order valence-electron chi connectivity index (χ2n) is 7.95. The van der Waals surface area contributed by atoms with Gasteiger partial charge in [0.25, 0.3) is 0 Å². The summed E-state index contributed by atoms with van der Waals surface area (Å²) < 4.78 is 10.7.